The van der Waals surface area contributed by atoms with E-state index in [4.69, 9.17) is 5.73 Å². The quantitative estimate of drug-likeness (QED) is 0.675. The Morgan fingerprint density at radius 3 is 2.64 bits per heavy atom. The van der Waals surface area contributed by atoms with Crippen LogP contribution in [0.25, 0.3) is 0 Å². The summed E-state index contributed by atoms with van der Waals surface area (Å²) in [6, 6.07) is 0. The largest absolute Gasteiger partial charge is 0.392 e. The van der Waals surface area contributed by atoms with Crippen LogP contribution >= 0.6 is 0 Å². The Bertz CT molecular complexity index is 215. The SMILES string of the molecule is NCC1(C(O)C2CC=CCC2)CCC1. The summed E-state index contributed by atoms with van der Waals surface area (Å²) < 4.78 is 0. The molecule has 0 spiro atoms. The zero-order valence-corrected chi connectivity index (χ0v) is 8.78. The van der Waals surface area contributed by atoms with E-state index in [0.29, 0.717) is 12.5 Å². The third-order valence-electron chi connectivity index (χ3n) is 4.14. The van der Waals surface area contributed by atoms with Crippen molar-refractivity contribution in [1.29, 1.82) is 0 Å². The van der Waals surface area contributed by atoms with Crippen molar-refractivity contribution in [2.75, 3.05) is 6.54 Å². The summed E-state index contributed by atoms with van der Waals surface area (Å²) in [5.74, 6) is 0.462. The summed E-state index contributed by atoms with van der Waals surface area (Å²) in [6.45, 7) is 0.661. The summed E-state index contributed by atoms with van der Waals surface area (Å²) in [6.07, 6.45) is 11.1. The molecule has 0 saturated heterocycles. The highest BCUT2D eigenvalue weighted by Crippen LogP contribution is 2.46. The zero-order chi connectivity index (χ0) is 10.0. The van der Waals surface area contributed by atoms with Gasteiger partial charge in [-0.2, -0.15) is 0 Å². The minimum atomic E-state index is -0.161. The second-order valence-corrected chi connectivity index (χ2v) is 4.91. The van der Waals surface area contributed by atoms with E-state index < -0.39 is 0 Å². The molecule has 0 aromatic carbocycles. The van der Waals surface area contributed by atoms with Gasteiger partial charge in [0.05, 0.1) is 6.10 Å². The standard InChI is InChI=1S/C12H21NO/c13-9-12(7-4-8-12)11(14)10-5-2-1-3-6-10/h1-2,10-11,14H,3-9,13H2. The molecule has 2 aliphatic carbocycles. The van der Waals surface area contributed by atoms with E-state index in [2.05, 4.69) is 12.2 Å². The highest BCUT2D eigenvalue weighted by Gasteiger charge is 2.45. The van der Waals surface area contributed by atoms with Gasteiger partial charge in [0.25, 0.3) is 0 Å². The van der Waals surface area contributed by atoms with E-state index in [1.165, 1.54) is 6.42 Å². The molecule has 1 saturated carbocycles. The van der Waals surface area contributed by atoms with Crippen LogP contribution in [-0.4, -0.2) is 17.8 Å². The molecule has 0 aromatic heterocycles. The van der Waals surface area contributed by atoms with Crippen LogP contribution in [-0.2, 0) is 0 Å². The van der Waals surface area contributed by atoms with Crippen LogP contribution in [0.2, 0.25) is 0 Å². The molecule has 2 heteroatoms. The van der Waals surface area contributed by atoms with Crippen molar-refractivity contribution >= 4 is 0 Å². The van der Waals surface area contributed by atoms with Crippen molar-refractivity contribution in [3.63, 3.8) is 0 Å². The molecule has 2 atom stereocenters. The van der Waals surface area contributed by atoms with Gasteiger partial charge < -0.3 is 10.8 Å². The first kappa shape index (κ1) is 10.2. The van der Waals surface area contributed by atoms with E-state index in [-0.39, 0.29) is 11.5 Å². The normalized spacial score (nSPS) is 32.3. The molecule has 1 fully saturated rings. The van der Waals surface area contributed by atoms with Gasteiger partial charge in [0.15, 0.2) is 0 Å². The Balaban J connectivity index is 1.98. The summed E-state index contributed by atoms with van der Waals surface area (Å²) in [5.41, 5.74) is 5.88. The first-order valence-corrected chi connectivity index (χ1v) is 5.82. The summed E-state index contributed by atoms with van der Waals surface area (Å²) in [7, 11) is 0. The van der Waals surface area contributed by atoms with E-state index in [9.17, 15) is 5.11 Å². The fraction of sp³-hybridized carbons (Fsp3) is 0.833. The number of aliphatic hydroxyl groups is 1. The zero-order valence-electron chi connectivity index (χ0n) is 8.78. The molecule has 2 rings (SSSR count). The minimum Gasteiger partial charge on any atom is -0.392 e. The molecule has 2 nitrogen and oxygen atoms in total. The number of hydrogen-bond donors (Lipinski definition) is 2. The monoisotopic (exact) mass is 195 g/mol. The van der Waals surface area contributed by atoms with Crippen molar-refractivity contribution in [2.45, 2.75) is 44.6 Å². The van der Waals surface area contributed by atoms with Crippen LogP contribution in [0.1, 0.15) is 38.5 Å². The van der Waals surface area contributed by atoms with Crippen molar-refractivity contribution in [2.24, 2.45) is 17.1 Å². The Morgan fingerprint density at radius 2 is 2.21 bits per heavy atom. The summed E-state index contributed by atoms with van der Waals surface area (Å²) in [5, 5.41) is 10.3. The van der Waals surface area contributed by atoms with Gasteiger partial charge in [-0.05, 0) is 38.0 Å². The molecule has 3 N–H and O–H groups in total. The maximum absolute atomic E-state index is 10.3. The average Bonchev–Trinajstić information content (AvgIpc) is 2.18. The lowest BCUT2D eigenvalue weighted by molar-refractivity contribution is -0.0643. The van der Waals surface area contributed by atoms with Gasteiger partial charge in [-0.25, -0.2) is 0 Å². The topological polar surface area (TPSA) is 46.2 Å². The molecule has 0 radical (unpaired) electrons. The first-order chi connectivity index (χ1) is 6.78. The van der Waals surface area contributed by atoms with Gasteiger partial charge in [0.1, 0.15) is 0 Å². The number of rotatable bonds is 3. The molecule has 0 amide bonds. The molecule has 0 aliphatic heterocycles. The van der Waals surface area contributed by atoms with Crippen LogP contribution in [0.5, 0.6) is 0 Å². The fourth-order valence-corrected chi connectivity index (χ4v) is 2.86. The van der Waals surface area contributed by atoms with Crippen molar-refractivity contribution in [3.05, 3.63) is 12.2 Å². The van der Waals surface area contributed by atoms with E-state index in [1.807, 2.05) is 0 Å². The number of hydrogen-bond acceptors (Lipinski definition) is 2. The van der Waals surface area contributed by atoms with E-state index in [1.54, 1.807) is 0 Å². The molecule has 80 valence electrons. The third kappa shape index (κ3) is 1.61. The van der Waals surface area contributed by atoms with Gasteiger partial charge in [0, 0.05) is 12.0 Å². The maximum Gasteiger partial charge on any atom is 0.0639 e. The van der Waals surface area contributed by atoms with E-state index >= 15 is 0 Å². The minimum absolute atomic E-state index is 0.0792. The van der Waals surface area contributed by atoms with Crippen LogP contribution in [0.4, 0.5) is 0 Å². The Hall–Kier alpha value is -0.340. The molecule has 0 heterocycles. The van der Waals surface area contributed by atoms with Crippen LogP contribution in [0, 0.1) is 11.3 Å². The second kappa shape index (κ2) is 4.03. The Kier molecular flexibility index (Phi) is 2.93. The van der Waals surface area contributed by atoms with Crippen molar-refractivity contribution in [3.8, 4) is 0 Å². The molecule has 0 aromatic rings. The number of allylic oxidation sites excluding steroid dienone is 2. The van der Waals surface area contributed by atoms with Gasteiger partial charge in [0.2, 0.25) is 0 Å². The summed E-state index contributed by atoms with van der Waals surface area (Å²) >= 11 is 0. The fourth-order valence-electron chi connectivity index (χ4n) is 2.86. The highest BCUT2D eigenvalue weighted by molar-refractivity contribution is 5.01. The lowest BCUT2D eigenvalue weighted by atomic mass is 9.61. The average molecular weight is 195 g/mol. The van der Waals surface area contributed by atoms with Crippen LogP contribution in [0.15, 0.2) is 12.2 Å². The van der Waals surface area contributed by atoms with Crippen LogP contribution < -0.4 is 5.73 Å². The number of nitrogens with two attached hydrogens (primary N) is 1. The molecular formula is C12H21NO. The molecule has 2 unspecified atom stereocenters. The highest BCUT2D eigenvalue weighted by atomic mass is 16.3. The lowest BCUT2D eigenvalue weighted by Crippen LogP contribution is -2.50. The molecule has 0 bridgehead atoms. The van der Waals surface area contributed by atoms with E-state index in [0.717, 1.165) is 32.1 Å². The lowest BCUT2D eigenvalue weighted by Gasteiger charge is -2.47. The molecular weight excluding hydrogens is 174 g/mol. The van der Waals surface area contributed by atoms with Gasteiger partial charge in [-0.1, -0.05) is 18.6 Å². The maximum atomic E-state index is 10.3. The summed E-state index contributed by atoms with van der Waals surface area (Å²) in [4.78, 5) is 0. The third-order valence-corrected chi connectivity index (χ3v) is 4.14. The molecule has 2 aliphatic rings. The van der Waals surface area contributed by atoms with Gasteiger partial charge in [-0.3, -0.25) is 0 Å². The predicted octanol–water partition coefficient (Wildman–Crippen LogP) is 1.83. The smallest absolute Gasteiger partial charge is 0.0639 e. The number of aliphatic hydroxyl groups excluding tert-OH is 1. The molecule has 14 heavy (non-hydrogen) atoms. The predicted molar refractivity (Wildman–Crippen MR) is 57.8 cm³/mol. The Labute approximate surface area is 86.2 Å². The van der Waals surface area contributed by atoms with Gasteiger partial charge in [-0.15, -0.1) is 0 Å². The first-order valence-electron chi connectivity index (χ1n) is 5.82. The van der Waals surface area contributed by atoms with Crippen molar-refractivity contribution in [1.82, 2.24) is 0 Å². The van der Waals surface area contributed by atoms with Gasteiger partial charge >= 0.3 is 0 Å². The van der Waals surface area contributed by atoms with Crippen LogP contribution in [0.3, 0.4) is 0 Å². The Morgan fingerprint density at radius 1 is 1.43 bits per heavy atom. The second-order valence-electron chi connectivity index (χ2n) is 4.91. The van der Waals surface area contributed by atoms with Crippen molar-refractivity contribution < 1.29 is 5.11 Å².